The Morgan fingerprint density at radius 1 is 1.00 bits per heavy atom. The third kappa shape index (κ3) is 3.73. The van der Waals surface area contributed by atoms with Crippen LogP contribution < -0.4 is 0 Å². The van der Waals surface area contributed by atoms with Gasteiger partial charge in [0.2, 0.25) is 0 Å². The van der Waals surface area contributed by atoms with Crippen LogP contribution in [0.2, 0.25) is 0 Å². The van der Waals surface area contributed by atoms with Crippen LogP contribution in [0.4, 0.5) is 13.2 Å². The van der Waals surface area contributed by atoms with E-state index in [1.165, 1.54) is 6.26 Å². The van der Waals surface area contributed by atoms with E-state index < -0.39 is 27.4 Å². The lowest BCUT2D eigenvalue weighted by molar-refractivity contribution is -0.137. The summed E-state index contributed by atoms with van der Waals surface area (Å²) < 4.78 is 53.5. The van der Waals surface area contributed by atoms with Gasteiger partial charge in [-0.3, -0.25) is 4.79 Å². The summed E-state index contributed by atoms with van der Waals surface area (Å²) in [6, 6.07) is 11.8. The highest BCUT2D eigenvalue weighted by molar-refractivity contribution is 7.93. The van der Waals surface area contributed by atoms with Crippen LogP contribution in [0.3, 0.4) is 0 Å². The fourth-order valence-corrected chi connectivity index (χ4v) is 2.93. The number of amides is 1. The van der Waals surface area contributed by atoms with Crippen molar-refractivity contribution in [3.05, 3.63) is 65.7 Å². The number of halogens is 3. The van der Waals surface area contributed by atoms with Crippen molar-refractivity contribution in [1.82, 2.24) is 0 Å². The molecule has 3 nitrogen and oxygen atoms in total. The summed E-state index contributed by atoms with van der Waals surface area (Å²) in [6.45, 7) is 0. The monoisotopic (exact) mass is 327 g/mol. The molecule has 0 aliphatic rings. The summed E-state index contributed by atoms with van der Waals surface area (Å²) in [5.74, 6) is -0.815. The number of benzene rings is 2. The van der Waals surface area contributed by atoms with Crippen molar-refractivity contribution in [3.8, 4) is 0 Å². The van der Waals surface area contributed by atoms with E-state index in [1.807, 2.05) is 0 Å². The Morgan fingerprint density at radius 3 is 2.05 bits per heavy atom. The number of carbonyl (C=O) groups excluding carboxylic acids is 1. The molecule has 0 aliphatic heterocycles. The second-order valence-corrected chi connectivity index (χ2v) is 6.85. The molecule has 0 bridgehead atoms. The minimum atomic E-state index is -4.47. The standard InChI is InChI=1S/C15H12F3NO2S/c1-22(21,13-5-3-2-4-6-13)19-14(20)11-7-9-12(10-8-11)15(16,17)18/h2-10H,1H3. The zero-order valence-electron chi connectivity index (χ0n) is 11.5. The summed E-state index contributed by atoms with van der Waals surface area (Å²) in [7, 11) is -2.94. The Hall–Kier alpha value is -2.15. The molecular formula is C15H12F3NO2S. The molecule has 0 saturated heterocycles. The number of nitrogens with zero attached hydrogens (tertiary/aromatic N) is 1. The predicted octanol–water partition coefficient (Wildman–Crippen LogP) is 4.00. The van der Waals surface area contributed by atoms with Crippen molar-refractivity contribution >= 4 is 15.6 Å². The molecule has 0 radical (unpaired) electrons. The van der Waals surface area contributed by atoms with Crippen molar-refractivity contribution < 1.29 is 22.2 Å². The highest BCUT2D eigenvalue weighted by Crippen LogP contribution is 2.29. The van der Waals surface area contributed by atoms with E-state index in [0.717, 1.165) is 24.3 Å². The average molecular weight is 327 g/mol. The van der Waals surface area contributed by atoms with E-state index in [0.29, 0.717) is 4.90 Å². The topological polar surface area (TPSA) is 46.5 Å². The SMILES string of the molecule is CS(=O)(=NC(=O)c1ccc(C(F)(F)F)cc1)c1ccccc1. The molecule has 7 heteroatoms. The number of carbonyl (C=O) groups is 1. The van der Waals surface area contributed by atoms with Gasteiger partial charge in [-0.15, -0.1) is 0 Å². The molecule has 116 valence electrons. The van der Waals surface area contributed by atoms with Crippen LogP contribution in [0.1, 0.15) is 15.9 Å². The van der Waals surface area contributed by atoms with Crippen LogP contribution in [0, 0.1) is 0 Å². The van der Waals surface area contributed by atoms with Gasteiger partial charge in [0.15, 0.2) is 0 Å². The number of hydrogen-bond donors (Lipinski definition) is 0. The molecule has 1 unspecified atom stereocenters. The molecule has 0 aliphatic carbocycles. The molecule has 0 saturated carbocycles. The molecule has 0 fully saturated rings. The number of rotatable bonds is 2. The third-order valence-corrected chi connectivity index (χ3v) is 4.56. The van der Waals surface area contributed by atoms with Gasteiger partial charge in [-0.05, 0) is 36.4 Å². The molecule has 22 heavy (non-hydrogen) atoms. The molecule has 0 N–H and O–H groups in total. The van der Waals surface area contributed by atoms with Crippen molar-refractivity contribution in [3.63, 3.8) is 0 Å². The second-order valence-electron chi connectivity index (χ2n) is 4.59. The smallest absolute Gasteiger partial charge is 0.266 e. The zero-order chi connectivity index (χ0) is 16.4. The van der Waals surface area contributed by atoms with Crippen LogP contribution in [-0.2, 0) is 15.9 Å². The van der Waals surface area contributed by atoms with Crippen molar-refractivity contribution in [2.75, 3.05) is 6.26 Å². The normalized spacial score (nSPS) is 14.2. The Bertz CT molecular complexity index is 790. The summed E-state index contributed by atoms with van der Waals surface area (Å²) >= 11 is 0. The van der Waals surface area contributed by atoms with Gasteiger partial charge in [-0.2, -0.15) is 17.5 Å². The predicted molar refractivity (Wildman–Crippen MR) is 77.0 cm³/mol. The van der Waals surface area contributed by atoms with Crippen LogP contribution in [0.25, 0.3) is 0 Å². The molecule has 1 atom stereocenters. The highest BCUT2D eigenvalue weighted by atomic mass is 32.2. The molecule has 2 rings (SSSR count). The van der Waals surface area contributed by atoms with Crippen LogP contribution in [-0.4, -0.2) is 16.4 Å². The van der Waals surface area contributed by atoms with Crippen LogP contribution in [0.15, 0.2) is 63.9 Å². The Kier molecular flexibility index (Phi) is 4.37. The first-order valence-electron chi connectivity index (χ1n) is 6.19. The minimum absolute atomic E-state index is 0.0430. The molecule has 2 aromatic rings. The summed E-state index contributed by atoms with van der Waals surface area (Å²) in [6.07, 6.45) is -3.16. The molecule has 2 aromatic carbocycles. The van der Waals surface area contributed by atoms with Crippen LogP contribution >= 0.6 is 0 Å². The maximum absolute atomic E-state index is 12.5. The fourth-order valence-electron chi connectivity index (χ4n) is 1.74. The molecule has 0 aromatic heterocycles. The fraction of sp³-hybridized carbons (Fsp3) is 0.133. The molecule has 1 amide bonds. The first-order valence-corrected chi connectivity index (χ1v) is 8.11. The van der Waals surface area contributed by atoms with Gasteiger partial charge in [0.05, 0.1) is 15.3 Å². The van der Waals surface area contributed by atoms with E-state index >= 15 is 0 Å². The van der Waals surface area contributed by atoms with E-state index in [1.54, 1.807) is 30.3 Å². The van der Waals surface area contributed by atoms with Gasteiger partial charge >= 0.3 is 6.18 Å². The lowest BCUT2D eigenvalue weighted by Gasteiger charge is -2.07. The van der Waals surface area contributed by atoms with Gasteiger partial charge in [-0.25, -0.2) is 4.21 Å². The number of hydrogen-bond acceptors (Lipinski definition) is 2. The molecule has 0 spiro atoms. The second kappa shape index (κ2) is 5.92. The van der Waals surface area contributed by atoms with Gasteiger partial charge in [-0.1, -0.05) is 18.2 Å². The van der Waals surface area contributed by atoms with E-state index in [-0.39, 0.29) is 5.56 Å². The maximum Gasteiger partial charge on any atom is 0.416 e. The van der Waals surface area contributed by atoms with Gasteiger partial charge in [0, 0.05) is 16.7 Å². The van der Waals surface area contributed by atoms with E-state index in [9.17, 15) is 22.2 Å². The molecular weight excluding hydrogens is 315 g/mol. The Labute approximate surface area is 126 Å². The highest BCUT2D eigenvalue weighted by Gasteiger charge is 2.30. The quantitative estimate of drug-likeness (QED) is 0.837. The van der Waals surface area contributed by atoms with Crippen molar-refractivity contribution in [2.24, 2.45) is 4.36 Å². The zero-order valence-corrected chi connectivity index (χ0v) is 12.3. The summed E-state index contributed by atoms with van der Waals surface area (Å²) in [4.78, 5) is 12.4. The summed E-state index contributed by atoms with van der Waals surface area (Å²) in [5.41, 5.74) is -0.900. The van der Waals surface area contributed by atoms with Crippen molar-refractivity contribution in [2.45, 2.75) is 11.1 Å². The Morgan fingerprint density at radius 2 is 1.55 bits per heavy atom. The first-order chi connectivity index (χ1) is 10.2. The number of alkyl halides is 3. The first kappa shape index (κ1) is 16.2. The Balaban J connectivity index is 2.33. The van der Waals surface area contributed by atoms with Crippen molar-refractivity contribution in [1.29, 1.82) is 0 Å². The van der Waals surface area contributed by atoms with Gasteiger partial charge in [0.25, 0.3) is 5.91 Å². The largest absolute Gasteiger partial charge is 0.416 e. The minimum Gasteiger partial charge on any atom is -0.266 e. The molecule has 0 heterocycles. The maximum atomic E-state index is 12.5. The van der Waals surface area contributed by atoms with Gasteiger partial charge < -0.3 is 0 Å². The lowest BCUT2D eigenvalue weighted by atomic mass is 10.1. The van der Waals surface area contributed by atoms with E-state index in [2.05, 4.69) is 4.36 Å². The van der Waals surface area contributed by atoms with E-state index in [4.69, 9.17) is 0 Å². The van der Waals surface area contributed by atoms with Gasteiger partial charge in [0.1, 0.15) is 0 Å². The third-order valence-electron chi connectivity index (χ3n) is 2.90. The average Bonchev–Trinajstić information content (AvgIpc) is 2.47. The van der Waals surface area contributed by atoms with Crippen LogP contribution in [0.5, 0.6) is 0 Å². The lowest BCUT2D eigenvalue weighted by Crippen LogP contribution is -2.07. The summed E-state index contributed by atoms with van der Waals surface area (Å²) in [5, 5.41) is 0.